The summed E-state index contributed by atoms with van der Waals surface area (Å²) in [5.41, 5.74) is 8.27. The first-order valence-electron chi connectivity index (χ1n) is 18.9. The van der Waals surface area contributed by atoms with E-state index in [-0.39, 0.29) is 57.7 Å². The first-order chi connectivity index (χ1) is 27.9. The monoisotopic (exact) mass is 833 g/mol. The van der Waals surface area contributed by atoms with Gasteiger partial charge in [-0.1, -0.05) is 32.9 Å². The minimum atomic E-state index is -1.14. The molecule has 60 heavy (non-hydrogen) atoms. The van der Waals surface area contributed by atoms with Gasteiger partial charge in [-0.3, -0.25) is 33.4 Å². The molecular weight excluding hydrogens is 781 g/mol. The normalized spacial score (nSPS) is 12.0. The Labute approximate surface area is 346 Å². The van der Waals surface area contributed by atoms with Crippen molar-refractivity contribution in [3.05, 3.63) is 98.7 Å². The lowest BCUT2D eigenvalue weighted by atomic mass is 9.75. The van der Waals surface area contributed by atoms with E-state index in [9.17, 15) is 37.5 Å². The van der Waals surface area contributed by atoms with Crippen LogP contribution in [-0.4, -0.2) is 77.8 Å². The number of aldehydes is 1. The zero-order valence-electron chi connectivity index (χ0n) is 35.5. The average molecular weight is 834 g/mol. The number of hydrogen-bond acceptors (Lipinski definition) is 11. The second kappa shape index (κ2) is 18.2. The van der Waals surface area contributed by atoms with Gasteiger partial charge in [-0.15, -0.1) is 5.10 Å². The lowest BCUT2D eigenvalue weighted by Crippen LogP contribution is -2.40. The highest BCUT2D eigenvalue weighted by molar-refractivity contribution is 6.44. The summed E-state index contributed by atoms with van der Waals surface area (Å²) in [5, 5.41) is 17.3. The second-order valence-corrected chi connectivity index (χ2v) is 16.5. The molecule has 0 atom stereocenters. The highest BCUT2D eigenvalue weighted by Gasteiger charge is 2.32. The third-order valence-corrected chi connectivity index (χ3v) is 10.2. The van der Waals surface area contributed by atoms with Gasteiger partial charge in [-0.2, -0.15) is 0 Å². The van der Waals surface area contributed by atoms with E-state index in [1.165, 1.54) is 28.8 Å². The molecule has 0 saturated heterocycles. The second-order valence-electron chi connectivity index (χ2n) is 16.5. The zero-order valence-corrected chi connectivity index (χ0v) is 35.5. The van der Waals surface area contributed by atoms with E-state index in [4.69, 9.17) is 11.6 Å². The summed E-state index contributed by atoms with van der Waals surface area (Å²) in [6.45, 7) is 15.2. The van der Waals surface area contributed by atoms with Crippen molar-refractivity contribution in [2.45, 2.75) is 74.9 Å². The number of benzene rings is 1. The maximum Gasteiger partial charge on any atom is 0.292 e. The van der Waals surface area contributed by atoms with Gasteiger partial charge in [0.25, 0.3) is 29.3 Å². The van der Waals surface area contributed by atoms with Gasteiger partial charge in [-0.25, -0.2) is 14.6 Å². The number of hydrazine groups is 1. The minimum absolute atomic E-state index is 0.0102. The highest BCUT2D eigenvalue weighted by Crippen LogP contribution is 2.35. The number of rotatable bonds is 18. The van der Waals surface area contributed by atoms with E-state index in [0.29, 0.717) is 54.1 Å². The molecule has 19 heteroatoms. The summed E-state index contributed by atoms with van der Waals surface area (Å²) in [5.74, 6) is 0.00774. The smallest absolute Gasteiger partial charge is 0.292 e. The molecule has 7 N–H and O–H groups in total. The van der Waals surface area contributed by atoms with Crippen LogP contribution in [0.4, 0.5) is 14.5 Å². The number of halogens is 2. The molecule has 4 rings (SSSR count). The van der Waals surface area contributed by atoms with Crippen molar-refractivity contribution >= 4 is 41.3 Å². The van der Waals surface area contributed by atoms with Gasteiger partial charge in [0.05, 0.1) is 36.1 Å². The van der Waals surface area contributed by atoms with Crippen molar-refractivity contribution in [2.24, 2.45) is 36.5 Å². The largest absolute Gasteiger partial charge is 0.399 e. The Kier molecular flexibility index (Phi) is 14.0. The van der Waals surface area contributed by atoms with Crippen LogP contribution in [0, 0.1) is 50.2 Å². The number of ketones is 2. The lowest BCUT2D eigenvalue weighted by Gasteiger charge is -2.37. The predicted molar refractivity (Wildman–Crippen MR) is 218 cm³/mol. The predicted octanol–water partition coefficient (Wildman–Crippen LogP) is 3.45. The van der Waals surface area contributed by atoms with Crippen LogP contribution in [0.2, 0.25) is 0 Å². The third-order valence-electron chi connectivity index (χ3n) is 10.2. The summed E-state index contributed by atoms with van der Waals surface area (Å²) >= 11 is 0. The zero-order chi connectivity index (χ0) is 45.0. The molecule has 3 amide bonds. The quantitative estimate of drug-likeness (QED) is 0.0320. The number of anilines is 1. The van der Waals surface area contributed by atoms with Crippen molar-refractivity contribution in [3.8, 4) is 0 Å². The van der Waals surface area contributed by atoms with Crippen LogP contribution >= 0.6 is 0 Å². The molecule has 0 bridgehead atoms. The number of carbonyl (C=O) groups excluding carboxylic acids is 6. The topological polar surface area (TPSA) is 234 Å². The fourth-order valence-corrected chi connectivity index (χ4v) is 7.78. The number of aromatic nitrogens is 5. The minimum Gasteiger partial charge on any atom is -0.399 e. The summed E-state index contributed by atoms with van der Waals surface area (Å²) in [6, 6.07) is 2.90. The maximum atomic E-state index is 13.7. The van der Waals surface area contributed by atoms with E-state index < -0.39 is 40.9 Å². The van der Waals surface area contributed by atoms with Crippen molar-refractivity contribution < 1.29 is 37.5 Å². The Bertz CT molecular complexity index is 2390. The standard InChI is InChI=1S/C41H53F2N11O6/c1-22-31(18-55)51(9)24(3)32(22)35(56)39(60)47-15-28-17-54(50-49-28)21-41(7,8)19-40(5,6)20-53(45)16-26(44)14-46-38(59)36(57)33-23(2)34(52(10)25(33)4)37(58)48-27-11-12-29(42)30(43)13-27/h11-13,16-18H,14-15,19-21,44-45H2,1-10H3,(H,46,59)(H,47,60)(H,48,58)/b26-16-. The van der Waals surface area contributed by atoms with E-state index in [1.54, 1.807) is 50.3 Å². The number of hydrogen-bond donors (Lipinski definition) is 5. The number of nitrogens with two attached hydrogens (primary N) is 2. The molecule has 0 saturated carbocycles. The van der Waals surface area contributed by atoms with E-state index in [2.05, 4.69) is 40.1 Å². The summed E-state index contributed by atoms with van der Waals surface area (Å²) in [6.07, 6.45) is 4.47. The molecule has 0 spiro atoms. The Morgan fingerprint density at radius 1 is 0.867 bits per heavy atom. The van der Waals surface area contributed by atoms with Gasteiger partial charge in [0.15, 0.2) is 17.9 Å². The Morgan fingerprint density at radius 3 is 2.07 bits per heavy atom. The number of amides is 3. The van der Waals surface area contributed by atoms with Crippen molar-refractivity contribution in [1.82, 2.24) is 39.8 Å². The van der Waals surface area contributed by atoms with Gasteiger partial charge in [-0.05, 0) is 68.2 Å². The number of carbonyl (C=O) groups is 6. The highest BCUT2D eigenvalue weighted by atomic mass is 19.2. The molecule has 4 aromatic rings. The lowest BCUT2D eigenvalue weighted by molar-refractivity contribution is -0.117. The molecule has 0 unspecified atom stereocenters. The van der Waals surface area contributed by atoms with Crippen molar-refractivity contribution in [2.75, 3.05) is 18.4 Å². The fraction of sp³-hybridized carbons (Fsp3) is 0.415. The molecule has 0 fully saturated rings. The van der Waals surface area contributed by atoms with Gasteiger partial charge >= 0.3 is 0 Å². The van der Waals surface area contributed by atoms with Crippen LogP contribution in [0.3, 0.4) is 0 Å². The molecule has 0 aliphatic heterocycles. The SMILES string of the molecule is Cc1c(C(=O)C(=O)NCc2cn(CC(C)(C)CC(C)(C)CN(N)/C=C(\N)CNC(=O)C(=O)c3c(C)c(C(=O)Nc4ccc(F)c(F)c4)n(C)c3C)nn2)c(C)n(C)c1C=O. The molecule has 322 valence electrons. The molecule has 3 aromatic heterocycles. The molecule has 1 aromatic carbocycles. The van der Waals surface area contributed by atoms with Crippen LogP contribution in [0.1, 0.15) is 104 Å². The molecular formula is C41H53F2N11O6. The molecule has 17 nitrogen and oxygen atoms in total. The van der Waals surface area contributed by atoms with E-state index in [1.807, 2.05) is 13.8 Å². The Hall–Kier alpha value is -6.50. The van der Waals surface area contributed by atoms with Crippen molar-refractivity contribution in [1.29, 1.82) is 0 Å². The third kappa shape index (κ3) is 10.6. The Balaban J connectivity index is 1.29. The molecule has 0 radical (unpaired) electrons. The van der Waals surface area contributed by atoms with E-state index in [0.717, 1.165) is 12.1 Å². The summed E-state index contributed by atoms with van der Waals surface area (Å²) in [4.78, 5) is 76.4. The van der Waals surface area contributed by atoms with Gasteiger partial charge in [0.1, 0.15) is 11.4 Å². The van der Waals surface area contributed by atoms with Crippen LogP contribution in [0.15, 0.2) is 36.3 Å². The van der Waals surface area contributed by atoms with Crippen LogP contribution in [0.25, 0.3) is 0 Å². The van der Waals surface area contributed by atoms with Gasteiger partial charge in [0.2, 0.25) is 0 Å². The molecule has 3 heterocycles. The van der Waals surface area contributed by atoms with Gasteiger partial charge < -0.3 is 35.8 Å². The fourth-order valence-electron chi connectivity index (χ4n) is 7.78. The number of nitrogens with zero attached hydrogens (tertiary/aromatic N) is 6. The van der Waals surface area contributed by atoms with Crippen LogP contribution < -0.4 is 27.5 Å². The van der Waals surface area contributed by atoms with Crippen LogP contribution in [0.5, 0.6) is 0 Å². The first-order valence-corrected chi connectivity index (χ1v) is 18.9. The number of nitrogens with one attached hydrogen (secondary N) is 3. The maximum absolute atomic E-state index is 13.7. The molecule has 0 aliphatic rings. The van der Waals surface area contributed by atoms with E-state index >= 15 is 0 Å². The first kappa shape index (κ1) is 46.2. The van der Waals surface area contributed by atoms with Crippen LogP contribution in [-0.2, 0) is 36.8 Å². The Morgan fingerprint density at radius 2 is 1.47 bits per heavy atom. The molecule has 0 aliphatic carbocycles. The number of Topliss-reactive ketones (excluding diaryl/α,β-unsaturated/α-hetero) is 2. The van der Waals surface area contributed by atoms with Gasteiger partial charge in [0, 0.05) is 62.2 Å². The van der Waals surface area contributed by atoms with Crippen molar-refractivity contribution in [3.63, 3.8) is 0 Å². The summed E-state index contributed by atoms with van der Waals surface area (Å²) < 4.78 is 31.7. The average Bonchev–Trinajstić information content (AvgIpc) is 3.75. The summed E-state index contributed by atoms with van der Waals surface area (Å²) in [7, 11) is 3.20.